The van der Waals surface area contributed by atoms with Crippen LogP contribution in [0.5, 0.6) is 0 Å². The second kappa shape index (κ2) is 5.32. The summed E-state index contributed by atoms with van der Waals surface area (Å²) >= 11 is 0. The summed E-state index contributed by atoms with van der Waals surface area (Å²) in [5, 5.41) is 9.61. The van der Waals surface area contributed by atoms with Gasteiger partial charge in [0.15, 0.2) is 0 Å². The fraction of sp³-hybridized carbons (Fsp3) is 0.500. The molecule has 0 aromatic heterocycles. The van der Waals surface area contributed by atoms with Gasteiger partial charge in [-0.1, -0.05) is 30.3 Å². The molecule has 0 aliphatic carbocycles. The van der Waals surface area contributed by atoms with Crippen LogP contribution in [0.15, 0.2) is 30.3 Å². The molecule has 3 heteroatoms. The van der Waals surface area contributed by atoms with Crippen LogP contribution in [0.3, 0.4) is 0 Å². The Morgan fingerprint density at radius 2 is 2.12 bits per heavy atom. The van der Waals surface area contributed by atoms with E-state index in [0.29, 0.717) is 19.5 Å². The van der Waals surface area contributed by atoms with Crippen molar-refractivity contribution in [3.8, 4) is 0 Å². The molecule has 1 saturated heterocycles. The number of likely N-dealkylation sites (tertiary alicyclic amines) is 1. The molecule has 0 unspecified atom stereocenters. The molecule has 1 aromatic carbocycles. The van der Waals surface area contributed by atoms with Gasteiger partial charge in [0, 0.05) is 25.4 Å². The maximum atomic E-state index is 11.8. The minimum Gasteiger partial charge on any atom is -0.393 e. The average Bonchev–Trinajstić information content (AvgIpc) is 2.33. The summed E-state index contributed by atoms with van der Waals surface area (Å²) in [6.07, 6.45) is 1.03. The number of aliphatic hydroxyl groups excluding tert-OH is 1. The van der Waals surface area contributed by atoms with Gasteiger partial charge in [0.25, 0.3) is 0 Å². The molecule has 1 aliphatic heterocycles. The summed E-state index contributed by atoms with van der Waals surface area (Å²) in [5.41, 5.74) is 1.15. The minimum atomic E-state index is -0.332. The normalized spacial score (nSPS) is 22.6. The van der Waals surface area contributed by atoms with Crippen molar-refractivity contribution in [2.45, 2.75) is 32.4 Å². The van der Waals surface area contributed by atoms with Crippen molar-refractivity contribution >= 4 is 5.91 Å². The number of piperidine rings is 1. The molecule has 3 nitrogen and oxygen atoms in total. The molecule has 1 heterocycles. The number of carbonyl (C=O) groups is 1. The maximum absolute atomic E-state index is 11.8. The topological polar surface area (TPSA) is 40.5 Å². The lowest BCUT2D eigenvalue weighted by molar-refractivity contribution is -0.136. The summed E-state index contributed by atoms with van der Waals surface area (Å²) in [4.78, 5) is 13.7. The highest BCUT2D eigenvalue weighted by Gasteiger charge is 2.28. The van der Waals surface area contributed by atoms with Crippen molar-refractivity contribution in [1.82, 2.24) is 4.90 Å². The highest BCUT2D eigenvalue weighted by molar-refractivity contribution is 5.77. The van der Waals surface area contributed by atoms with E-state index in [-0.39, 0.29) is 17.9 Å². The SMILES string of the molecule is C[C@H](O)[C@H]1CCC(=O)N(Cc2ccccc2)C1. The van der Waals surface area contributed by atoms with Crippen molar-refractivity contribution in [3.63, 3.8) is 0 Å². The van der Waals surface area contributed by atoms with Gasteiger partial charge >= 0.3 is 0 Å². The molecule has 1 amide bonds. The van der Waals surface area contributed by atoms with Crippen LogP contribution in [-0.4, -0.2) is 28.6 Å². The van der Waals surface area contributed by atoms with E-state index in [2.05, 4.69) is 0 Å². The lowest BCUT2D eigenvalue weighted by atomic mass is 9.93. The van der Waals surface area contributed by atoms with E-state index in [4.69, 9.17) is 0 Å². The molecule has 0 saturated carbocycles. The lowest BCUT2D eigenvalue weighted by Crippen LogP contribution is -2.42. The highest BCUT2D eigenvalue weighted by atomic mass is 16.3. The average molecular weight is 233 g/mol. The maximum Gasteiger partial charge on any atom is 0.222 e. The zero-order valence-electron chi connectivity index (χ0n) is 10.2. The van der Waals surface area contributed by atoms with Crippen LogP contribution in [-0.2, 0) is 11.3 Å². The van der Waals surface area contributed by atoms with Crippen molar-refractivity contribution in [2.75, 3.05) is 6.54 Å². The second-order valence-corrected chi connectivity index (χ2v) is 4.80. The molecule has 0 spiro atoms. The van der Waals surface area contributed by atoms with E-state index in [1.54, 1.807) is 6.92 Å². The van der Waals surface area contributed by atoms with Crippen molar-refractivity contribution < 1.29 is 9.90 Å². The smallest absolute Gasteiger partial charge is 0.222 e. The van der Waals surface area contributed by atoms with Gasteiger partial charge in [-0.05, 0) is 18.9 Å². The van der Waals surface area contributed by atoms with Crippen LogP contribution in [0.4, 0.5) is 0 Å². The van der Waals surface area contributed by atoms with E-state index < -0.39 is 0 Å². The first-order chi connectivity index (χ1) is 8.16. The molecule has 92 valence electrons. The van der Waals surface area contributed by atoms with Crippen LogP contribution < -0.4 is 0 Å². The Bertz CT molecular complexity index is 375. The van der Waals surface area contributed by atoms with Gasteiger partial charge in [0.2, 0.25) is 5.91 Å². The molecule has 2 atom stereocenters. The van der Waals surface area contributed by atoms with E-state index in [1.807, 2.05) is 35.2 Å². The quantitative estimate of drug-likeness (QED) is 0.865. The van der Waals surface area contributed by atoms with Crippen LogP contribution in [0.25, 0.3) is 0 Å². The second-order valence-electron chi connectivity index (χ2n) is 4.80. The van der Waals surface area contributed by atoms with E-state index in [0.717, 1.165) is 12.0 Å². The van der Waals surface area contributed by atoms with Crippen molar-refractivity contribution in [3.05, 3.63) is 35.9 Å². The molecule has 17 heavy (non-hydrogen) atoms. The lowest BCUT2D eigenvalue weighted by Gasteiger charge is -2.34. The van der Waals surface area contributed by atoms with Gasteiger partial charge in [0.05, 0.1) is 6.10 Å². The van der Waals surface area contributed by atoms with E-state index >= 15 is 0 Å². The predicted molar refractivity (Wildman–Crippen MR) is 66.3 cm³/mol. The number of hydrogen-bond donors (Lipinski definition) is 1. The van der Waals surface area contributed by atoms with Gasteiger partial charge in [0.1, 0.15) is 0 Å². The fourth-order valence-corrected chi connectivity index (χ4v) is 2.29. The number of nitrogens with zero attached hydrogens (tertiary/aromatic N) is 1. The third-order valence-corrected chi connectivity index (χ3v) is 3.44. The minimum absolute atomic E-state index is 0.200. The van der Waals surface area contributed by atoms with Gasteiger partial charge in [-0.2, -0.15) is 0 Å². The zero-order valence-corrected chi connectivity index (χ0v) is 10.2. The summed E-state index contributed by atoms with van der Waals surface area (Å²) in [5.74, 6) is 0.419. The number of aliphatic hydroxyl groups is 1. The number of amides is 1. The Morgan fingerprint density at radius 3 is 2.76 bits per heavy atom. The van der Waals surface area contributed by atoms with Crippen molar-refractivity contribution in [2.24, 2.45) is 5.92 Å². The highest BCUT2D eigenvalue weighted by Crippen LogP contribution is 2.22. The van der Waals surface area contributed by atoms with Gasteiger partial charge in [-0.3, -0.25) is 4.79 Å². The Labute approximate surface area is 102 Å². The standard InChI is InChI=1S/C14H19NO2/c1-11(16)13-7-8-14(17)15(10-13)9-12-5-3-2-4-6-12/h2-6,11,13,16H,7-10H2,1H3/t11-,13-/m0/s1. The molecule has 1 fully saturated rings. The molecule has 0 radical (unpaired) electrons. The first kappa shape index (κ1) is 12.1. The third kappa shape index (κ3) is 3.07. The molecular formula is C14H19NO2. The Balaban J connectivity index is 2.01. The van der Waals surface area contributed by atoms with Crippen molar-refractivity contribution in [1.29, 1.82) is 0 Å². The van der Waals surface area contributed by atoms with Crippen LogP contribution in [0, 0.1) is 5.92 Å². The zero-order chi connectivity index (χ0) is 12.3. The van der Waals surface area contributed by atoms with Crippen LogP contribution in [0.2, 0.25) is 0 Å². The molecule has 1 N–H and O–H groups in total. The summed E-state index contributed by atoms with van der Waals surface area (Å²) in [6, 6.07) is 9.99. The summed E-state index contributed by atoms with van der Waals surface area (Å²) in [6.45, 7) is 3.13. The predicted octanol–water partition coefficient (Wildman–Crippen LogP) is 1.81. The molecule has 2 rings (SSSR count). The van der Waals surface area contributed by atoms with E-state index in [1.165, 1.54) is 0 Å². The third-order valence-electron chi connectivity index (χ3n) is 3.44. The van der Waals surface area contributed by atoms with Gasteiger partial charge in [-0.25, -0.2) is 0 Å². The Hall–Kier alpha value is -1.35. The number of rotatable bonds is 3. The monoisotopic (exact) mass is 233 g/mol. The summed E-state index contributed by atoms with van der Waals surface area (Å²) in [7, 11) is 0. The number of benzene rings is 1. The number of carbonyl (C=O) groups excluding carboxylic acids is 1. The Kier molecular flexibility index (Phi) is 3.79. The summed E-state index contributed by atoms with van der Waals surface area (Å²) < 4.78 is 0. The van der Waals surface area contributed by atoms with Crippen LogP contribution in [0.1, 0.15) is 25.3 Å². The first-order valence-electron chi connectivity index (χ1n) is 6.16. The molecular weight excluding hydrogens is 214 g/mol. The van der Waals surface area contributed by atoms with Crippen LogP contribution >= 0.6 is 0 Å². The molecule has 1 aromatic rings. The molecule has 0 bridgehead atoms. The van der Waals surface area contributed by atoms with Gasteiger partial charge < -0.3 is 10.0 Å². The van der Waals surface area contributed by atoms with E-state index in [9.17, 15) is 9.90 Å². The Morgan fingerprint density at radius 1 is 1.41 bits per heavy atom. The fourth-order valence-electron chi connectivity index (χ4n) is 2.29. The van der Waals surface area contributed by atoms with Gasteiger partial charge in [-0.15, -0.1) is 0 Å². The number of hydrogen-bond acceptors (Lipinski definition) is 2. The first-order valence-corrected chi connectivity index (χ1v) is 6.16. The largest absolute Gasteiger partial charge is 0.393 e. The molecule has 1 aliphatic rings.